The van der Waals surface area contributed by atoms with Crippen molar-refractivity contribution in [2.75, 3.05) is 27.9 Å². The van der Waals surface area contributed by atoms with Gasteiger partial charge in [-0.2, -0.15) is 0 Å². The summed E-state index contributed by atoms with van der Waals surface area (Å²) in [5.41, 5.74) is 1.01. The van der Waals surface area contributed by atoms with Crippen molar-refractivity contribution in [2.45, 2.75) is 6.42 Å². The molecule has 5 nitrogen and oxygen atoms in total. The van der Waals surface area contributed by atoms with Gasteiger partial charge in [-0.15, -0.1) is 5.92 Å². The largest absolute Gasteiger partial charge is 1.00 e. The predicted molar refractivity (Wildman–Crippen MR) is 68.6 cm³/mol. The van der Waals surface area contributed by atoms with E-state index in [0.717, 1.165) is 5.56 Å². The first-order valence-corrected chi connectivity index (χ1v) is 5.98. The molecule has 1 aromatic carbocycles. The van der Waals surface area contributed by atoms with Gasteiger partial charge < -0.3 is 18.9 Å². The standard InChI is InChI=1S/C14H17O5.Li/c1-16-11-5-9(4-10-7-13(15)19-8-10)6-12(17-2)14(11)18-3;/h5-7,10H,4,8H2,1-3H3;/q-1;+1/t10-;/m0./s1. The summed E-state index contributed by atoms with van der Waals surface area (Å²) in [7, 11) is 4.72. The van der Waals surface area contributed by atoms with Crippen molar-refractivity contribution in [1.29, 1.82) is 0 Å². The van der Waals surface area contributed by atoms with Crippen molar-refractivity contribution in [2.24, 2.45) is 5.92 Å². The van der Waals surface area contributed by atoms with Crippen molar-refractivity contribution in [3.05, 3.63) is 24.1 Å². The minimum absolute atomic E-state index is 0. The molecule has 0 radical (unpaired) electrons. The van der Waals surface area contributed by atoms with E-state index in [1.54, 1.807) is 27.8 Å². The Labute approximate surface area is 130 Å². The van der Waals surface area contributed by atoms with Crippen LogP contribution in [0.1, 0.15) is 5.56 Å². The average Bonchev–Trinajstić information content (AvgIpc) is 2.82. The molecule has 20 heavy (non-hydrogen) atoms. The normalized spacial score (nSPS) is 16.8. The van der Waals surface area contributed by atoms with Crippen molar-refractivity contribution in [3.63, 3.8) is 0 Å². The first-order valence-electron chi connectivity index (χ1n) is 5.98. The summed E-state index contributed by atoms with van der Waals surface area (Å²) in [6.45, 7) is 0.426. The third-order valence-electron chi connectivity index (χ3n) is 3.03. The molecule has 1 atom stereocenters. The molecule has 0 saturated carbocycles. The molecular weight excluding hydrogens is 255 g/mol. The molecule has 0 aliphatic carbocycles. The van der Waals surface area contributed by atoms with Crippen molar-refractivity contribution >= 4 is 5.97 Å². The molecule has 104 valence electrons. The molecule has 1 aliphatic rings. The minimum Gasteiger partial charge on any atom is -0.493 e. The van der Waals surface area contributed by atoms with Crippen molar-refractivity contribution in [3.8, 4) is 17.2 Å². The number of methoxy groups -OCH3 is 3. The molecule has 0 bridgehead atoms. The molecule has 1 saturated heterocycles. The summed E-state index contributed by atoms with van der Waals surface area (Å²) in [4.78, 5) is 11.0. The second-order valence-corrected chi connectivity index (χ2v) is 4.29. The molecule has 1 heterocycles. The summed E-state index contributed by atoms with van der Waals surface area (Å²) >= 11 is 0. The van der Waals surface area contributed by atoms with E-state index in [1.807, 2.05) is 12.1 Å². The number of hydrogen-bond donors (Lipinski definition) is 0. The Bertz CT molecular complexity index is 450. The molecule has 0 unspecified atom stereocenters. The zero-order valence-corrected chi connectivity index (χ0v) is 12.3. The molecule has 1 aliphatic heterocycles. The first-order chi connectivity index (χ1) is 9.17. The summed E-state index contributed by atoms with van der Waals surface area (Å²) in [5, 5.41) is 0. The second-order valence-electron chi connectivity index (χ2n) is 4.29. The van der Waals surface area contributed by atoms with Crippen LogP contribution in [0.4, 0.5) is 0 Å². The van der Waals surface area contributed by atoms with Crippen LogP contribution in [0.3, 0.4) is 0 Å². The van der Waals surface area contributed by atoms with Crippen LogP contribution >= 0.6 is 0 Å². The molecule has 0 spiro atoms. The van der Waals surface area contributed by atoms with Gasteiger partial charge in [-0.1, -0.05) is 0 Å². The van der Waals surface area contributed by atoms with Crippen molar-refractivity contribution in [1.82, 2.24) is 0 Å². The molecule has 1 fully saturated rings. The Morgan fingerprint density at radius 2 is 1.80 bits per heavy atom. The van der Waals surface area contributed by atoms with Gasteiger partial charge in [0.05, 0.1) is 27.9 Å². The topological polar surface area (TPSA) is 54.0 Å². The van der Waals surface area contributed by atoms with E-state index >= 15 is 0 Å². The van der Waals surface area contributed by atoms with Crippen LogP contribution in [-0.4, -0.2) is 33.9 Å². The Hall–Kier alpha value is -1.44. The molecule has 0 amide bonds. The number of benzene rings is 1. The van der Waals surface area contributed by atoms with Crippen molar-refractivity contribution < 1.29 is 42.6 Å². The SMILES string of the molecule is COc1cc(C[C@H]2[CH-]C(=O)OC2)cc(OC)c1OC.[Li+]. The second kappa shape index (κ2) is 7.37. The van der Waals surface area contributed by atoms with Gasteiger partial charge in [-0.3, -0.25) is 11.2 Å². The Morgan fingerprint density at radius 1 is 1.20 bits per heavy atom. The summed E-state index contributed by atoms with van der Waals surface area (Å²) in [5.74, 6) is 1.63. The Balaban J connectivity index is 0.00000200. The fourth-order valence-corrected chi connectivity index (χ4v) is 2.15. The molecule has 0 N–H and O–H groups in total. The van der Waals surface area contributed by atoms with Gasteiger partial charge in [0.25, 0.3) is 0 Å². The average molecular weight is 272 g/mol. The first kappa shape index (κ1) is 16.6. The Morgan fingerprint density at radius 3 is 2.20 bits per heavy atom. The van der Waals surface area contributed by atoms with Crippen LogP contribution in [0.2, 0.25) is 0 Å². The predicted octanol–water partition coefficient (Wildman–Crippen LogP) is -1.36. The van der Waals surface area contributed by atoms with Crippen LogP contribution < -0.4 is 33.1 Å². The number of rotatable bonds is 5. The minimum atomic E-state index is -0.252. The molecule has 1 aromatic rings. The van der Waals surface area contributed by atoms with Crippen LogP contribution in [-0.2, 0) is 16.0 Å². The number of carbonyl (C=O) groups is 1. The van der Waals surface area contributed by atoms with Gasteiger partial charge >= 0.3 is 18.9 Å². The zero-order valence-electron chi connectivity index (χ0n) is 12.3. The van der Waals surface area contributed by atoms with E-state index in [1.165, 1.54) is 0 Å². The van der Waals surface area contributed by atoms with Gasteiger partial charge in [0.2, 0.25) is 5.75 Å². The van der Waals surface area contributed by atoms with Gasteiger partial charge in [-0.25, -0.2) is 0 Å². The van der Waals surface area contributed by atoms with Crippen LogP contribution in [0.25, 0.3) is 0 Å². The quantitative estimate of drug-likeness (QED) is 0.376. The van der Waals surface area contributed by atoms with Gasteiger partial charge in [0.1, 0.15) is 0 Å². The third kappa shape index (κ3) is 3.56. The van der Waals surface area contributed by atoms with Gasteiger partial charge in [0.15, 0.2) is 17.5 Å². The van der Waals surface area contributed by atoms with Crippen LogP contribution in [0.5, 0.6) is 17.2 Å². The Kier molecular flexibility index (Phi) is 6.12. The molecule has 2 rings (SSSR count). The van der Waals surface area contributed by atoms with E-state index in [2.05, 4.69) is 0 Å². The molecular formula is C14H17LiO5. The monoisotopic (exact) mass is 272 g/mol. The van der Waals surface area contributed by atoms with Crippen LogP contribution in [0.15, 0.2) is 12.1 Å². The van der Waals surface area contributed by atoms with E-state index < -0.39 is 0 Å². The van der Waals surface area contributed by atoms with E-state index in [-0.39, 0.29) is 30.7 Å². The zero-order chi connectivity index (χ0) is 13.8. The summed E-state index contributed by atoms with van der Waals surface area (Å²) in [6, 6.07) is 3.77. The number of esters is 1. The van der Waals surface area contributed by atoms with Gasteiger partial charge in [0, 0.05) is 0 Å². The number of carbonyl (C=O) groups excluding carboxylic acids is 1. The molecule has 0 aromatic heterocycles. The summed E-state index contributed by atoms with van der Waals surface area (Å²) < 4.78 is 20.8. The number of ether oxygens (including phenoxy) is 4. The molecule has 6 heteroatoms. The smallest absolute Gasteiger partial charge is 0.493 e. The third-order valence-corrected chi connectivity index (χ3v) is 3.03. The summed E-state index contributed by atoms with van der Waals surface area (Å²) in [6.07, 6.45) is 2.30. The van der Waals surface area contributed by atoms with Crippen LogP contribution in [0, 0.1) is 12.3 Å². The van der Waals surface area contributed by atoms with E-state index in [0.29, 0.717) is 30.3 Å². The fraction of sp³-hybridized carbons (Fsp3) is 0.429. The van der Waals surface area contributed by atoms with E-state index in [9.17, 15) is 4.79 Å². The maximum atomic E-state index is 11.0. The number of hydrogen-bond acceptors (Lipinski definition) is 5. The maximum Gasteiger partial charge on any atom is 1.00 e. The fourth-order valence-electron chi connectivity index (χ4n) is 2.15. The number of cyclic esters (lactones) is 1. The van der Waals surface area contributed by atoms with Gasteiger partial charge in [-0.05, 0) is 24.1 Å². The maximum absolute atomic E-state index is 11.0. The van der Waals surface area contributed by atoms with E-state index in [4.69, 9.17) is 18.9 Å².